The van der Waals surface area contributed by atoms with E-state index in [1.54, 1.807) is 19.1 Å². The van der Waals surface area contributed by atoms with Gasteiger partial charge in [0.15, 0.2) is 0 Å². The Kier molecular flexibility index (Phi) is 6.36. The second-order valence-electron chi connectivity index (χ2n) is 8.34. The van der Waals surface area contributed by atoms with Crippen LogP contribution in [0.1, 0.15) is 34.0 Å². The maximum Gasteiger partial charge on any atom is 0.255 e. The van der Waals surface area contributed by atoms with E-state index in [-0.39, 0.29) is 11.8 Å². The smallest absolute Gasteiger partial charge is 0.255 e. The number of hydrogen-bond donors (Lipinski definition) is 1. The summed E-state index contributed by atoms with van der Waals surface area (Å²) in [6, 6.07) is 22.6. The van der Waals surface area contributed by atoms with Crippen molar-refractivity contribution in [1.82, 2.24) is 10.2 Å². The molecule has 0 bridgehead atoms. The molecule has 0 unspecified atom stereocenters. The van der Waals surface area contributed by atoms with Gasteiger partial charge < -0.3 is 19.7 Å². The fraction of sp³-hybridized carbons (Fsp3) is 0.259. The van der Waals surface area contributed by atoms with E-state index in [4.69, 9.17) is 9.47 Å². The highest BCUT2D eigenvalue weighted by Crippen LogP contribution is 2.33. The molecule has 1 atom stereocenters. The number of nitrogens with zero attached hydrogens (tertiary/aromatic N) is 1. The van der Waals surface area contributed by atoms with Gasteiger partial charge in [-0.2, -0.15) is 0 Å². The van der Waals surface area contributed by atoms with Gasteiger partial charge in [0.05, 0.1) is 14.2 Å². The van der Waals surface area contributed by atoms with Crippen LogP contribution < -0.4 is 14.8 Å². The molecule has 0 saturated carbocycles. The largest absolute Gasteiger partial charge is 0.497 e. The Morgan fingerprint density at radius 1 is 0.970 bits per heavy atom. The molecule has 6 nitrogen and oxygen atoms in total. The van der Waals surface area contributed by atoms with E-state index in [1.807, 2.05) is 79.7 Å². The van der Waals surface area contributed by atoms with E-state index in [1.165, 1.54) is 0 Å². The van der Waals surface area contributed by atoms with Crippen molar-refractivity contribution in [2.24, 2.45) is 0 Å². The monoisotopic (exact) mass is 444 g/mol. The van der Waals surface area contributed by atoms with Gasteiger partial charge >= 0.3 is 0 Å². The number of para-hydroxylation sites is 1. The lowest BCUT2D eigenvalue weighted by atomic mass is 9.82. The third-order valence-electron chi connectivity index (χ3n) is 6.24. The zero-order valence-electron chi connectivity index (χ0n) is 19.1. The molecule has 4 rings (SSSR count). The van der Waals surface area contributed by atoms with E-state index >= 15 is 0 Å². The average molecular weight is 445 g/mol. The van der Waals surface area contributed by atoms with Crippen LogP contribution in [0, 0.1) is 0 Å². The Morgan fingerprint density at radius 2 is 1.67 bits per heavy atom. The normalized spacial score (nSPS) is 17.3. The summed E-state index contributed by atoms with van der Waals surface area (Å²) >= 11 is 0. The number of carbonyl (C=O) groups excluding carboxylic acids is 2. The minimum absolute atomic E-state index is 0.150. The lowest BCUT2D eigenvalue weighted by molar-refractivity contribution is -0.132. The van der Waals surface area contributed by atoms with Crippen molar-refractivity contribution in [3.05, 3.63) is 95.1 Å². The zero-order chi connectivity index (χ0) is 23.4. The molecule has 2 amide bonds. The fourth-order valence-corrected chi connectivity index (χ4v) is 4.30. The molecule has 1 aliphatic heterocycles. The molecule has 1 aliphatic rings. The summed E-state index contributed by atoms with van der Waals surface area (Å²) in [5, 5.41) is 3.04. The summed E-state index contributed by atoms with van der Waals surface area (Å²) in [6.07, 6.45) is 0.433. The van der Waals surface area contributed by atoms with Crippen LogP contribution in [0.5, 0.6) is 11.5 Å². The van der Waals surface area contributed by atoms with Crippen LogP contribution in [-0.2, 0) is 24.3 Å². The molecule has 3 aromatic carbocycles. The summed E-state index contributed by atoms with van der Waals surface area (Å²) in [5.74, 6) is 1.10. The molecule has 33 heavy (non-hydrogen) atoms. The van der Waals surface area contributed by atoms with Crippen LogP contribution in [0.4, 0.5) is 0 Å². The number of benzene rings is 3. The molecule has 1 N–H and O–H groups in total. The molecule has 6 heteroatoms. The summed E-state index contributed by atoms with van der Waals surface area (Å²) < 4.78 is 10.6. The van der Waals surface area contributed by atoms with Crippen molar-refractivity contribution in [1.29, 1.82) is 0 Å². The van der Waals surface area contributed by atoms with E-state index in [2.05, 4.69) is 5.32 Å². The third kappa shape index (κ3) is 4.42. The molecular weight excluding hydrogens is 416 g/mol. The van der Waals surface area contributed by atoms with Crippen molar-refractivity contribution in [3.63, 3.8) is 0 Å². The van der Waals surface area contributed by atoms with Crippen molar-refractivity contribution in [2.45, 2.75) is 32.0 Å². The van der Waals surface area contributed by atoms with E-state index in [0.717, 1.165) is 22.4 Å². The van der Waals surface area contributed by atoms with Gasteiger partial charge in [0.2, 0.25) is 5.91 Å². The lowest BCUT2D eigenvalue weighted by Crippen LogP contribution is -2.62. The molecule has 3 aromatic rings. The van der Waals surface area contributed by atoms with Crippen molar-refractivity contribution in [3.8, 4) is 11.5 Å². The molecular formula is C27H28N2O4. The topological polar surface area (TPSA) is 67.9 Å². The first-order valence-electron chi connectivity index (χ1n) is 10.9. The summed E-state index contributed by atoms with van der Waals surface area (Å²) in [6.45, 7) is 2.46. The van der Waals surface area contributed by atoms with Gasteiger partial charge in [-0.05, 0) is 42.3 Å². The maximum absolute atomic E-state index is 13.6. The van der Waals surface area contributed by atoms with Gasteiger partial charge in [0, 0.05) is 30.6 Å². The predicted molar refractivity (Wildman–Crippen MR) is 126 cm³/mol. The van der Waals surface area contributed by atoms with Crippen molar-refractivity contribution >= 4 is 11.8 Å². The first-order valence-corrected chi connectivity index (χ1v) is 10.9. The summed E-state index contributed by atoms with van der Waals surface area (Å²) in [4.78, 5) is 28.8. The third-order valence-corrected chi connectivity index (χ3v) is 6.24. The van der Waals surface area contributed by atoms with Gasteiger partial charge in [-0.3, -0.25) is 9.59 Å². The second kappa shape index (κ2) is 9.36. The molecule has 0 radical (unpaired) electrons. The number of carbonyl (C=O) groups is 2. The van der Waals surface area contributed by atoms with Crippen LogP contribution in [-0.4, -0.2) is 36.5 Å². The number of hydrogen-bond acceptors (Lipinski definition) is 4. The van der Waals surface area contributed by atoms with E-state index < -0.39 is 5.54 Å². The van der Waals surface area contributed by atoms with Gasteiger partial charge in [-0.1, -0.05) is 48.5 Å². The number of amides is 2. The number of fused-ring (bicyclic) bond motifs is 1. The second-order valence-corrected chi connectivity index (χ2v) is 8.34. The minimum atomic E-state index is -1.05. The molecule has 0 aliphatic carbocycles. The average Bonchev–Trinajstić information content (AvgIpc) is 2.85. The van der Waals surface area contributed by atoms with Gasteiger partial charge in [0.25, 0.3) is 5.91 Å². The van der Waals surface area contributed by atoms with Crippen LogP contribution in [0.25, 0.3) is 0 Å². The molecule has 0 aromatic heterocycles. The first-order chi connectivity index (χ1) is 16.0. The van der Waals surface area contributed by atoms with Crippen LogP contribution in [0.2, 0.25) is 0 Å². The molecule has 0 fully saturated rings. The highest BCUT2D eigenvalue weighted by molar-refractivity contribution is 6.02. The Labute approximate surface area is 194 Å². The van der Waals surface area contributed by atoms with E-state index in [0.29, 0.717) is 30.8 Å². The fourth-order valence-electron chi connectivity index (χ4n) is 4.30. The quantitative estimate of drug-likeness (QED) is 0.599. The molecule has 0 saturated heterocycles. The molecule has 1 heterocycles. The van der Waals surface area contributed by atoms with Crippen LogP contribution in [0.3, 0.4) is 0 Å². The Bertz CT molecular complexity index is 1160. The minimum Gasteiger partial charge on any atom is -0.497 e. The van der Waals surface area contributed by atoms with Gasteiger partial charge in [0.1, 0.15) is 17.0 Å². The maximum atomic E-state index is 13.6. The van der Waals surface area contributed by atoms with Crippen LogP contribution in [0.15, 0.2) is 72.8 Å². The SMILES string of the molecule is COc1ccc(CN2C(=O)c3ccccc3C[C@]2(C)C(=O)NCc2ccccc2OC)cc1. The Hall–Kier alpha value is -3.80. The van der Waals surface area contributed by atoms with Gasteiger partial charge in [-0.25, -0.2) is 0 Å². The number of ether oxygens (including phenoxy) is 2. The van der Waals surface area contributed by atoms with Crippen LogP contribution >= 0.6 is 0 Å². The molecule has 170 valence electrons. The number of methoxy groups -OCH3 is 2. The lowest BCUT2D eigenvalue weighted by Gasteiger charge is -2.44. The Morgan fingerprint density at radius 3 is 2.39 bits per heavy atom. The Balaban J connectivity index is 1.63. The predicted octanol–water partition coefficient (Wildman–Crippen LogP) is 3.98. The highest BCUT2D eigenvalue weighted by atomic mass is 16.5. The standard InChI is InChI=1S/C27H28N2O4/c1-27(26(31)28-17-21-9-5-7-11-24(21)33-3)16-20-8-4-6-10-23(20)25(30)29(27)18-19-12-14-22(32-2)15-13-19/h4-15H,16-18H2,1-3H3,(H,28,31)/t27-/m1/s1. The zero-order valence-corrected chi connectivity index (χ0v) is 19.1. The number of nitrogens with one attached hydrogen (secondary N) is 1. The van der Waals surface area contributed by atoms with E-state index in [9.17, 15) is 9.59 Å². The first kappa shape index (κ1) is 22.4. The summed E-state index contributed by atoms with van der Waals surface area (Å²) in [5.41, 5.74) is 2.27. The molecule has 0 spiro atoms. The summed E-state index contributed by atoms with van der Waals surface area (Å²) in [7, 11) is 3.22. The van der Waals surface area contributed by atoms with Gasteiger partial charge in [-0.15, -0.1) is 0 Å². The van der Waals surface area contributed by atoms with Crippen molar-refractivity contribution in [2.75, 3.05) is 14.2 Å². The number of rotatable bonds is 7. The highest BCUT2D eigenvalue weighted by Gasteiger charge is 2.46. The van der Waals surface area contributed by atoms with Crippen molar-refractivity contribution < 1.29 is 19.1 Å².